The van der Waals surface area contributed by atoms with Crippen LogP contribution in [-0.4, -0.2) is 47.3 Å². The third-order valence-electron chi connectivity index (χ3n) is 7.06. The van der Waals surface area contributed by atoms with Crippen LogP contribution in [0.1, 0.15) is 44.9 Å². The third kappa shape index (κ3) is 5.40. The highest BCUT2D eigenvalue weighted by Gasteiger charge is 2.38. The van der Waals surface area contributed by atoms with Crippen molar-refractivity contribution in [2.45, 2.75) is 50.2 Å². The molecule has 1 amide bonds. The zero-order chi connectivity index (χ0) is 28.7. The van der Waals surface area contributed by atoms with Gasteiger partial charge in [0.25, 0.3) is 15.9 Å². The summed E-state index contributed by atoms with van der Waals surface area (Å²) in [5.41, 5.74) is 1.94. The minimum atomic E-state index is -4.03. The van der Waals surface area contributed by atoms with Gasteiger partial charge in [0.15, 0.2) is 17.6 Å². The molecular weight excluding hydrogens is 532 g/mol. The summed E-state index contributed by atoms with van der Waals surface area (Å²) in [5.74, 6) is 1.72. The molecule has 0 aromatic heterocycles. The van der Waals surface area contributed by atoms with Crippen LogP contribution in [0.3, 0.4) is 0 Å². The van der Waals surface area contributed by atoms with Crippen molar-refractivity contribution in [3.8, 4) is 23.0 Å². The smallest absolute Gasteiger partial charge is 0.264 e. The topological polar surface area (TPSA) is 103 Å². The lowest BCUT2D eigenvalue weighted by atomic mass is 9.86. The molecule has 9 nitrogen and oxygen atoms in total. The fourth-order valence-electron chi connectivity index (χ4n) is 4.68. The first-order valence-electron chi connectivity index (χ1n) is 13.2. The number of hydrogen-bond acceptors (Lipinski definition) is 7. The largest absolute Gasteiger partial charge is 0.497 e. The van der Waals surface area contributed by atoms with Crippen molar-refractivity contribution in [2.75, 3.05) is 31.2 Å². The van der Waals surface area contributed by atoms with Crippen molar-refractivity contribution >= 4 is 21.6 Å². The predicted octanol–water partition coefficient (Wildman–Crippen LogP) is 4.60. The Hall–Kier alpha value is -3.92. The van der Waals surface area contributed by atoms with Crippen molar-refractivity contribution in [3.05, 3.63) is 71.8 Å². The van der Waals surface area contributed by atoms with Crippen molar-refractivity contribution in [3.63, 3.8) is 0 Å². The van der Waals surface area contributed by atoms with Gasteiger partial charge in [0.05, 0.1) is 30.3 Å². The van der Waals surface area contributed by atoms with Crippen molar-refractivity contribution < 1.29 is 32.2 Å². The second-order valence-electron chi connectivity index (χ2n) is 10.9. The molecule has 0 spiro atoms. The summed E-state index contributed by atoms with van der Waals surface area (Å²) in [6.45, 7) is 8.77. The van der Waals surface area contributed by atoms with Crippen LogP contribution in [0.4, 0.5) is 5.69 Å². The van der Waals surface area contributed by atoms with Gasteiger partial charge in [0, 0.05) is 0 Å². The summed E-state index contributed by atoms with van der Waals surface area (Å²) in [6, 6.07) is 16.8. The Morgan fingerprint density at radius 3 is 2.33 bits per heavy atom. The monoisotopic (exact) mass is 566 g/mol. The third-order valence-corrected chi connectivity index (χ3v) is 8.85. The van der Waals surface area contributed by atoms with Gasteiger partial charge in [-0.15, -0.1) is 0 Å². The van der Waals surface area contributed by atoms with E-state index in [0.717, 1.165) is 11.1 Å². The first kappa shape index (κ1) is 27.6. The lowest BCUT2D eigenvalue weighted by molar-refractivity contribution is -0.128. The number of fused-ring (bicyclic) bond motifs is 2. The molecule has 5 rings (SSSR count). The Kier molecular flexibility index (Phi) is 7.31. The van der Waals surface area contributed by atoms with Crippen LogP contribution < -0.4 is 28.6 Å². The Labute approximate surface area is 235 Å². The number of carbonyl (C=O) groups excluding carboxylic acids is 1. The first-order chi connectivity index (χ1) is 19.0. The zero-order valence-electron chi connectivity index (χ0n) is 23.3. The van der Waals surface area contributed by atoms with Gasteiger partial charge < -0.3 is 24.3 Å². The maximum atomic E-state index is 13.9. The molecule has 3 aromatic carbocycles. The van der Waals surface area contributed by atoms with Gasteiger partial charge in [-0.05, 0) is 72.0 Å². The molecule has 0 radical (unpaired) electrons. The van der Waals surface area contributed by atoms with Crippen LogP contribution in [-0.2, 0) is 20.2 Å². The summed E-state index contributed by atoms with van der Waals surface area (Å²) >= 11 is 0. The second kappa shape index (κ2) is 10.6. The number of amides is 1. The van der Waals surface area contributed by atoms with Gasteiger partial charge in [-0.1, -0.05) is 32.9 Å². The Bertz CT molecular complexity index is 1510. The van der Waals surface area contributed by atoms with E-state index in [-0.39, 0.29) is 22.9 Å². The highest BCUT2D eigenvalue weighted by molar-refractivity contribution is 7.92. The molecule has 1 N–H and O–H groups in total. The number of sulfonamides is 1. The van der Waals surface area contributed by atoms with Gasteiger partial charge in [-0.2, -0.15) is 0 Å². The van der Waals surface area contributed by atoms with E-state index in [2.05, 4.69) is 26.1 Å². The van der Waals surface area contributed by atoms with E-state index in [1.165, 1.54) is 23.5 Å². The number of hydrogen-bond donors (Lipinski definition) is 1. The van der Waals surface area contributed by atoms with E-state index in [1.807, 2.05) is 37.3 Å². The molecule has 0 fully saturated rings. The zero-order valence-corrected chi connectivity index (χ0v) is 24.1. The van der Waals surface area contributed by atoms with Crippen molar-refractivity contribution in [1.29, 1.82) is 0 Å². The first-order valence-corrected chi connectivity index (χ1v) is 14.6. The SMILES string of the molecule is COc1ccc(S(=O)(=O)N2C[C@@H](C(=O)N[C@@H](C)c3ccc4c(c3)OCCO4)Oc3ccc(C(C)(C)C)cc32)cc1. The van der Waals surface area contributed by atoms with Crippen LogP contribution in [0.25, 0.3) is 0 Å². The molecule has 2 aliphatic heterocycles. The molecule has 212 valence electrons. The Balaban J connectivity index is 1.45. The van der Waals surface area contributed by atoms with Gasteiger partial charge >= 0.3 is 0 Å². The maximum Gasteiger partial charge on any atom is 0.264 e. The number of ether oxygens (including phenoxy) is 4. The van der Waals surface area contributed by atoms with E-state index in [1.54, 1.807) is 18.2 Å². The number of nitrogens with zero attached hydrogens (tertiary/aromatic N) is 1. The van der Waals surface area contributed by atoms with Gasteiger partial charge in [-0.25, -0.2) is 8.42 Å². The van der Waals surface area contributed by atoms with Crippen molar-refractivity contribution in [1.82, 2.24) is 5.32 Å². The van der Waals surface area contributed by atoms with Crippen molar-refractivity contribution in [2.24, 2.45) is 0 Å². The normalized spacial score (nSPS) is 17.3. The standard InChI is InChI=1S/C30H34N2O7S/c1-19(20-6-12-26-27(16-20)38-15-14-37-26)31-29(33)28-18-32(40(34,35)23-10-8-22(36-5)9-11-23)24-17-21(30(2,3)4)7-13-25(24)39-28/h6-13,16-17,19,28H,14-15,18H2,1-5H3,(H,31,33)/t19-,28-/m0/s1. The Morgan fingerprint density at radius 1 is 0.975 bits per heavy atom. The lowest BCUT2D eigenvalue weighted by Gasteiger charge is -2.36. The molecule has 2 heterocycles. The molecule has 0 unspecified atom stereocenters. The average Bonchev–Trinajstić information content (AvgIpc) is 2.95. The molecule has 0 bridgehead atoms. The van der Waals surface area contributed by atoms with Gasteiger partial charge in [0.2, 0.25) is 0 Å². The van der Waals surface area contributed by atoms with E-state index in [9.17, 15) is 13.2 Å². The van der Waals surface area contributed by atoms with Crippen LogP contribution in [0.2, 0.25) is 0 Å². The molecule has 2 aliphatic rings. The van der Waals surface area contributed by atoms with E-state index in [0.29, 0.717) is 41.9 Å². The fraction of sp³-hybridized carbons (Fsp3) is 0.367. The highest BCUT2D eigenvalue weighted by atomic mass is 32.2. The summed E-state index contributed by atoms with van der Waals surface area (Å²) in [6.07, 6.45) is -1.07. The molecule has 0 saturated carbocycles. The van der Waals surface area contributed by atoms with E-state index < -0.39 is 22.0 Å². The fourth-order valence-corrected chi connectivity index (χ4v) is 6.14. The molecule has 40 heavy (non-hydrogen) atoms. The van der Waals surface area contributed by atoms with Crippen LogP contribution in [0.15, 0.2) is 65.6 Å². The van der Waals surface area contributed by atoms with Crippen LogP contribution >= 0.6 is 0 Å². The van der Waals surface area contributed by atoms with Gasteiger partial charge in [-0.3, -0.25) is 9.10 Å². The number of benzene rings is 3. The quantitative estimate of drug-likeness (QED) is 0.465. The molecule has 3 aromatic rings. The number of carbonyl (C=O) groups is 1. The maximum absolute atomic E-state index is 13.9. The number of rotatable bonds is 6. The molecule has 0 aliphatic carbocycles. The second-order valence-corrected chi connectivity index (χ2v) is 12.7. The average molecular weight is 567 g/mol. The summed E-state index contributed by atoms with van der Waals surface area (Å²) in [7, 11) is -2.51. The van der Waals surface area contributed by atoms with E-state index in [4.69, 9.17) is 18.9 Å². The highest BCUT2D eigenvalue weighted by Crippen LogP contribution is 2.40. The molecule has 0 saturated heterocycles. The summed E-state index contributed by atoms with van der Waals surface area (Å²) in [5, 5.41) is 2.97. The molecular formula is C30H34N2O7S. The van der Waals surface area contributed by atoms with E-state index >= 15 is 0 Å². The predicted molar refractivity (Wildman–Crippen MR) is 151 cm³/mol. The number of anilines is 1. The lowest BCUT2D eigenvalue weighted by Crippen LogP contribution is -2.51. The van der Waals surface area contributed by atoms with Crippen LogP contribution in [0.5, 0.6) is 23.0 Å². The minimum absolute atomic E-state index is 0.0890. The molecule has 2 atom stereocenters. The van der Waals surface area contributed by atoms with Crippen LogP contribution in [0, 0.1) is 0 Å². The summed E-state index contributed by atoms with van der Waals surface area (Å²) < 4.78 is 51.7. The minimum Gasteiger partial charge on any atom is -0.497 e. The molecule has 10 heteroatoms. The summed E-state index contributed by atoms with van der Waals surface area (Å²) in [4.78, 5) is 13.6. The number of methoxy groups -OCH3 is 1. The Morgan fingerprint density at radius 2 is 1.65 bits per heavy atom. The number of nitrogens with one attached hydrogen (secondary N) is 1. The van der Waals surface area contributed by atoms with Gasteiger partial charge in [0.1, 0.15) is 24.7 Å².